The summed E-state index contributed by atoms with van der Waals surface area (Å²) in [6.07, 6.45) is 2.07. The highest BCUT2D eigenvalue weighted by Gasteiger charge is 2.39. The number of carboxylic acid groups (broad SMARTS) is 1. The predicted octanol–water partition coefficient (Wildman–Crippen LogP) is 1.82. The Balaban J connectivity index is 1.69. The molecule has 2 aliphatic rings. The molecule has 2 aliphatic heterocycles. The summed E-state index contributed by atoms with van der Waals surface area (Å²) in [7, 11) is -3.75. The van der Waals surface area contributed by atoms with Crippen molar-refractivity contribution in [3.05, 3.63) is 53.2 Å². The van der Waals surface area contributed by atoms with E-state index >= 15 is 0 Å². The fourth-order valence-electron chi connectivity index (χ4n) is 4.00. The van der Waals surface area contributed by atoms with Gasteiger partial charge in [0.05, 0.1) is 19.3 Å². The molecule has 0 aliphatic carbocycles. The van der Waals surface area contributed by atoms with Gasteiger partial charge in [0.15, 0.2) is 0 Å². The fraction of sp³-hybridized carbons (Fsp3) is 0.429. The van der Waals surface area contributed by atoms with Gasteiger partial charge in [-0.1, -0.05) is 18.2 Å². The Hall–Kier alpha value is -2.49. The number of pyridine rings is 1. The summed E-state index contributed by atoms with van der Waals surface area (Å²) in [5, 5.41) is 8.95. The molecule has 0 amide bonds. The van der Waals surface area contributed by atoms with E-state index in [0.717, 1.165) is 16.7 Å². The summed E-state index contributed by atoms with van der Waals surface area (Å²) in [6, 6.07) is 8.88. The molecule has 1 saturated heterocycles. The highest BCUT2D eigenvalue weighted by molar-refractivity contribution is 7.89. The Bertz CT molecular complexity index is 1060. The van der Waals surface area contributed by atoms with E-state index in [9.17, 15) is 13.2 Å². The van der Waals surface area contributed by atoms with Crippen molar-refractivity contribution in [3.8, 4) is 0 Å². The number of aryl methyl sites for hydroxylation is 2. The Morgan fingerprint density at radius 2 is 2.17 bits per heavy atom. The third-order valence-corrected chi connectivity index (χ3v) is 7.50. The zero-order valence-electron chi connectivity index (χ0n) is 16.8. The lowest BCUT2D eigenvalue weighted by atomic mass is 10.0. The molecular weight excluding hydrogens is 406 g/mol. The zero-order chi connectivity index (χ0) is 21.3. The molecule has 0 spiro atoms. The highest BCUT2D eigenvalue weighted by Crippen LogP contribution is 2.33. The number of hydrogen-bond acceptors (Lipinski definition) is 6. The van der Waals surface area contributed by atoms with Crippen molar-refractivity contribution in [2.75, 3.05) is 31.2 Å². The molecule has 1 fully saturated rings. The fourth-order valence-corrected chi connectivity index (χ4v) is 5.60. The van der Waals surface area contributed by atoms with Crippen LogP contribution in [-0.4, -0.2) is 61.1 Å². The first kappa shape index (κ1) is 20.8. The molecule has 3 heterocycles. The number of nitrogens with zero attached hydrogens (tertiary/aromatic N) is 3. The van der Waals surface area contributed by atoms with Gasteiger partial charge in [-0.15, -0.1) is 0 Å². The van der Waals surface area contributed by atoms with Crippen LogP contribution >= 0.6 is 0 Å². The van der Waals surface area contributed by atoms with Crippen molar-refractivity contribution in [3.63, 3.8) is 0 Å². The molecule has 4 rings (SSSR count). The molecule has 0 unspecified atom stereocenters. The van der Waals surface area contributed by atoms with Crippen molar-refractivity contribution < 1.29 is 23.1 Å². The molecule has 0 bridgehead atoms. The summed E-state index contributed by atoms with van der Waals surface area (Å²) >= 11 is 0. The van der Waals surface area contributed by atoms with E-state index in [1.807, 2.05) is 30.0 Å². The molecule has 0 saturated carbocycles. The lowest BCUT2D eigenvalue weighted by Gasteiger charge is -2.36. The van der Waals surface area contributed by atoms with E-state index in [1.165, 1.54) is 4.31 Å². The van der Waals surface area contributed by atoms with E-state index in [0.29, 0.717) is 38.5 Å². The van der Waals surface area contributed by atoms with E-state index in [-0.39, 0.29) is 23.9 Å². The minimum absolute atomic E-state index is 0.0396. The standard InChI is InChI=1S/C21H25N3O5S/c1-15-4-5-16(6-7-20(25)26)11-17(15)12-23-13-18-14-29-10-9-24(18)21-19(30(23,27)28)3-2-8-22-21/h2-5,8,11,18H,6-7,9-10,12-14H2,1H3,(H,25,26)/t18-/m0/s1. The number of fused-ring (bicyclic) bond motifs is 3. The number of hydrogen-bond donors (Lipinski definition) is 1. The number of sulfonamides is 1. The Morgan fingerprint density at radius 3 is 2.97 bits per heavy atom. The largest absolute Gasteiger partial charge is 0.481 e. The quantitative estimate of drug-likeness (QED) is 0.771. The minimum Gasteiger partial charge on any atom is -0.481 e. The Morgan fingerprint density at radius 1 is 1.33 bits per heavy atom. The van der Waals surface area contributed by atoms with Crippen molar-refractivity contribution in [2.24, 2.45) is 0 Å². The van der Waals surface area contributed by atoms with Crippen LogP contribution in [0, 0.1) is 6.92 Å². The third kappa shape index (κ3) is 4.05. The van der Waals surface area contributed by atoms with Crippen LogP contribution in [0.4, 0.5) is 5.82 Å². The van der Waals surface area contributed by atoms with E-state index in [4.69, 9.17) is 9.84 Å². The molecule has 1 atom stereocenters. The molecule has 1 N–H and O–H groups in total. The minimum atomic E-state index is -3.75. The van der Waals surface area contributed by atoms with Gasteiger partial charge in [-0.3, -0.25) is 4.79 Å². The van der Waals surface area contributed by atoms with Crippen LogP contribution in [-0.2, 0) is 32.5 Å². The summed E-state index contributed by atoms with van der Waals surface area (Å²) in [4.78, 5) is 17.5. The normalized spacial score (nSPS) is 20.8. The summed E-state index contributed by atoms with van der Waals surface area (Å²) in [5.41, 5.74) is 2.73. The second kappa shape index (κ2) is 8.33. The maximum absolute atomic E-state index is 13.5. The van der Waals surface area contributed by atoms with Gasteiger partial charge in [0.2, 0.25) is 10.0 Å². The smallest absolute Gasteiger partial charge is 0.303 e. The maximum atomic E-state index is 13.5. The summed E-state index contributed by atoms with van der Waals surface area (Å²) in [6.45, 7) is 4.04. The molecule has 9 heteroatoms. The number of carboxylic acids is 1. The topological polar surface area (TPSA) is 100 Å². The molecule has 2 aromatic rings. The number of rotatable bonds is 5. The number of morpholine rings is 1. The Labute approximate surface area is 176 Å². The second-order valence-corrected chi connectivity index (χ2v) is 9.61. The van der Waals surface area contributed by atoms with E-state index in [2.05, 4.69) is 4.98 Å². The van der Waals surface area contributed by atoms with E-state index < -0.39 is 16.0 Å². The first-order chi connectivity index (χ1) is 14.4. The molecule has 1 aromatic heterocycles. The van der Waals surface area contributed by atoms with Gasteiger partial charge in [0.25, 0.3) is 0 Å². The molecular formula is C21H25N3O5S. The Kier molecular flexibility index (Phi) is 5.77. The highest BCUT2D eigenvalue weighted by atomic mass is 32.2. The molecule has 8 nitrogen and oxygen atoms in total. The van der Waals surface area contributed by atoms with Crippen LogP contribution in [0.2, 0.25) is 0 Å². The van der Waals surface area contributed by atoms with Crippen molar-refractivity contribution in [1.29, 1.82) is 0 Å². The van der Waals surface area contributed by atoms with Crippen molar-refractivity contribution in [2.45, 2.75) is 37.2 Å². The zero-order valence-corrected chi connectivity index (χ0v) is 17.6. The third-order valence-electron chi connectivity index (χ3n) is 5.67. The van der Waals surface area contributed by atoms with Gasteiger partial charge in [-0.25, -0.2) is 13.4 Å². The van der Waals surface area contributed by atoms with Gasteiger partial charge in [0, 0.05) is 32.3 Å². The van der Waals surface area contributed by atoms with Crippen LogP contribution in [0.25, 0.3) is 0 Å². The first-order valence-corrected chi connectivity index (χ1v) is 11.4. The van der Waals surface area contributed by atoms with E-state index in [1.54, 1.807) is 18.3 Å². The number of benzene rings is 1. The number of anilines is 1. The van der Waals surface area contributed by atoms with Crippen molar-refractivity contribution >= 4 is 21.8 Å². The van der Waals surface area contributed by atoms with Gasteiger partial charge >= 0.3 is 5.97 Å². The second-order valence-electron chi connectivity index (χ2n) is 7.70. The van der Waals surface area contributed by atoms with Gasteiger partial charge in [-0.2, -0.15) is 4.31 Å². The average Bonchev–Trinajstić information content (AvgIpc) is 2.82. The summed E-state index contributed by atoms with van der Waals surface area (Å²) < 4.78 is 34.2. The SMILES string of the molecule is Cc1ccc(CCC(=O)O)cc1CN1C[C@H]2COCCN2c2ncccc2S1(=O)=O. The number of aliphatic carboxylic acids is 1. The average molecular weight is 432 g/mol. The van der Waals surface area contributed by atoms with Gasteiger partial charge < -0.3 is 14.7 Å². The number of carbonyl (C=O) groups is 1. The lowest BCUT2D eigenvalue weighted by molar-refractivity contribution is -0.136. The van der Waals surface area contributed by atoms with Crippen LogP contribution in [0.1, 0.15) is 23.1 Å². The lowest BCUT2D eigenvalue weighted by Crippen LogP contribution is -2.50. The predicted molar refractivity (Wildman–Crippen MR) is 111 cm³/mol. The first-order valence-electron chi connectivity index (χ1n) is 9.96. The van der Waals surface area contributed by atoms with Crippen LogP contribution < -0.4 is 4.90 Å². The molecule has 30 heavy (non-hydrogen) atoms. The number of aromatic nitrogens is 1. The van der Waals surface area contributed by atoms with Gasteiger partial charge in [-0.05, 0) is 42.2 Å². The van der Waals surface area contributed by atoms with Gasteiger partial charge in [0.1, 0.15) is 10.7 Å². The monoisotopic (exact) mass is 431 g/mol. The van der Waals surface area contributed by atoms with Crippen molar-refractivity contribution in [1.82, 2.24) is 9.29 Å². The number of ether oxygens (including phenoxy) is 1. The maximum Gasteiger partial charge on any atom is 0.303 e. The molecule has 1 aromatic carbocycles. The molecule has 160 valence electrons. The molecule has 0 radical (unpaired) electrons. The van der Waals surface area contributed by atoms with Crippen LogP contribution in [0.15, 0.2) is 41.4 Å². The van der Waals surface area contributed by atoms with Crippen LogP contribution in [0.3, 0.4) is 0 Å². The van der Waals surface area contributed by atoms with Crippen LogP contribution in [0.5, 0.6) is 0 Å². The summed E-state index contributed by atoms with van der Waals surface area (Å²) in [5.74, 6) is -0.367.